The number of halogens is 2. The van der Waals surface area contributed by atoms with Crippen molar-refractivity contribution in [2.24, 2.45) is 0 Å². The first-order valence-electron chi connectivity index (χ1n) is 7.81. The van der Waals surface area contributed by atoms with Crippen LogP contribution < -0.4 is 15.0 Å². The molecule has 0 bridgehead atoms. The molecule has 1 saturated heterocycles. The van der Waals surface area contributed by atoms with Gasteiger partial charge in [0, 0.05) is 0 Å². The number of benzene rings is 2. The molecule has 5 nitrogen and oxygen atoms in total. The molecule has 0 radical (unpaired) electrons. The second kappa shape index (κ2) is 7.33. The first-order valence-corrected chi connectivity index (χ1v) is 8.57. The number of carbonyl (C=O) groups is 2. The maximum Gasteiger partial charge on any atom is 0.256 e. The highest BCUT2D eigenvalue weighted by atomic mass is 35.5. The summed E-state index contributed by atoms with van der Waals surface area (Å²) in [5.74, 6) is 0.00251. The second-order valence-corrected chi connectivity index (χ2v) is 6.31. The van der Waals surface area contributed by atoms with E-state index < -0.39 is 6.04 Å². The van der Waals surface area contributed by atoms with E-state index in [1.165, 1.54) is 6.07 Å². The lowest BCUT2D eigenvalue weighted by molar-refractivity contribution is -0.121. The van der Waals surface area contributed by atoms with Crippen LogP contribution in [0.15, 0.2) is 42.5 Å². The van der Waals surface area contributed by atoms with Crippen LogP contribution in [0.5, 0.6) is 5.75 Å². The number of nitrogens with zero attached hydrogens (tertiary/aromatic N) is 1. The third kappa shape index (κ3) is 3.57. The van der Waals surface area contributed by atoms with Crippen LogP contribution in [0.2, 0.25) is 10.0 Å². The van der Waals surface area contributed by atoms with Gasteiger partial charge in [-0.05, 0) is 37.3 Å². The first kappa shape index (κ1) is 17.6. The van der Waals surface area contributed by atoms with E-state index in [1.54, 1.807) is 12.1 Å². The van der Waals surface area contributed by atoms with E-state index in [0.29, 0.717) is 28.8 Å². The summed E-state index contributed by atoms with van der Waals surface area (Å²) in [6, 6.07) is 11.3. The van der Waals surface area contributed by atoms with Gasteiger partial charge in [-0.15, -0.1) is 0 Å². The van der Waals surface area contributed by atoms with Gasteiger partial charge in [0.15, 0.2) is 0 Å². The SMILES string of the molecule is CCOc1ccccc1N[C@@H]1CC(=O)N(c2ccc(Cl)c(Cl)c2)C1=O. The van der Waals surface area contributed by atoms with Crippen LogP contribution in [0.4, 0.5) is 11.4 Å². The molecule has 1 fully saturated rings. The van der Waals surface area contributed by atoms with E-state index >= 15 is 0 Å². The number of carbonyl (C=O) groups excluding carboxylic acids is 2. The molecule has 1 atom stereocenters. The molecular formula is C18H16Cl2N2O3. The molecule has 7 heteroatoms. The summed E-state index contributed by atoms with van der Waals surface area (Å²) in [6.07, 6.45) is 0.0551. The Labute approximate surface area is 155 Å². The molecule has 130 valence electrons. The van der Waals surface area contributed by atoms with E-state index in [0.717, 1.165) is 4.90 Å². The number of ether oxygens (including phenoxy) is 1. The molecule has 2 aromatic rings. The monoisotopic (exact) mass is 378 g/mol. The molecule has 1 aliphatic heterocycles. The third-order valence-corrected chi connectivity index (χ3v) is 4.56. The van der Waals surface area contributed by atoms with Crippen molar-refractivity contribution >= 4 is 46.4 Å². The average molecular weight is 379 g/mol. The van der Waals surface area contributed by atoms with Crippen molar-refractivity contribution in [1.82, 2.24) is 0 Å². The minimum absolute atomic E-state index is 0.0551. The van der Waals surface area contributed by atoms with Crippen molar-refractivity contribution in [3.05, 3.63) is 52.5 Å². The third-order valence-electron chi connectivity index (χ3n) is 3.82. The molecule has 2 amide bonds. The van der Waals surface area contributed by atoms with E-state index in [1.807, 2.05) is 31.2 Å². The summed E-state index contributed by atoms with van der Waals surface area (Å²) in [7, 11) is 0. The lowest BCUT2D eigenvalue weighted by Gasteiger charge is -2.18. The Morgan fingerprint density at radius 2 is 1.92 bits per heavy atom. The lowest BCUT2D eigenvalue weighted by atomic mass is 10.2. The number of nitrogens with one attached hydrogen (secondary N) is 1. The molecule has 0 aliphatic carbocycles. The predicted molar refractivity (Wildman–Crippen MR) is 98.6 cm³/mol. The molecular weight excluding hydrogens is 363 g/mol. The van der Waals surface area contributed by atoms with E-state index in [9.17, 15) is 9.59 Å². The van der Waals surface area contributed by atoms with Gasteiger partial charge in [0.05, 0.1) is 34.4 Å². The van der Waals surface area contributed by atoms with Crippen molar-refractivity contribution in [1.29, 1.82) is 0 Å². The summed E-state index contributed by atoms with van der Waals surface area (Å²) < 4.78 is 5.55. The number of amides is 2. The quantitative estimate of drug-likeness (QED) is 0.794. The maximum atomic E-state index is 12.7. The standard InChI is InChI=1S/C18H16Cl2N2O3/c1-2-25-16-6-4-3-5-14(16)21-15-10-17(23)22(18(15)24)11-7-8-12(19)13(20)9-11/h3-9,15,21H,2,10H2,1H3/t15-/m1/s1. The van der Waals surface area contributed by atoms with Gasteiger partial charge < -0.3 is 10.1 Å². The Balaban J connectivity index is 1.83. The largest absolute Gasteiger partial charge is 0.492 e. The lowest BCUT2D eigenvalue weighted by Crippen LogP contribution is -2.34. The zero-order chi connectivity index (χ0) is 18.0. The van der Waals surface area contributed by atoms with Crippen molar-refractivity contribution in [2.75, 3.05) is 16.8 Å². The number of para-hydroxylation sites is 2. The molecule has 0 spiro atoms. The Morgan fingerprint density at radius 1 is 1.16 bits per heavy atom. The number of imide groups is 1. The van der Waals surface area contributed by atoms with Crippen molar-refractivity contribution in [3.63, 3.8) is 0 Å². The highest BCUT2D eigenvalue weighted by Crippen LogP contribution is 2.32. The van der Waals surface area contributed by atoms with Crippen LogP contribution >= 0.6 is 23.2 Å². The molecule has 0 aromatic heterocycles. The fraction of sp³-hybridized carbons (Fsp3) is 0.222. The van der Waals surface area contributed by atoms with Gasteiger partial charge in [0.2, 0.25) is 5.91 Å². The van der Waals surface area contributed by atoms with Crippen molar-refractivity contribution in [2.45, 2.75) is 19.4 Å². The van der Waals surface area contributed by atoms with E-state index in [-0.39, 0.29) is 23.3 Å². The molecule has 1 heterocycles. The fourth-order valence-electron chi connectivity index (χ4n) is 2.70. The molecule has 1 N–H and O–H groups in total. The minimum atomic E-state index is -0.663. The number of hydrogen-bond donors (Lipinski definition) is 1. The Bertz CT molecular complexity index is 826. The predicted octanol–water partition coefficient (Wildman–Crippen LogP) is 4.14. The Hall–Kier alpha value is -2.24. The van der Waals surface area contributed by atoms with Gasteiger partial charge >= 0.3 is 0 Å². The van der Waals surface area contributed by atoms with Gasteiger partial charge in [0.1, 0.15) is 11.8 Å². The summed E-state index contributed by atoms with van der Waals surface area (Å²) in [5.41, 5.74) is 1.08. The van der Waals surface area contributed by atoms with Gasteiger partial charge in [0.25, 0.3) is 5.91 Å². The number of anilines is 2. The average Bonchev–Trinajstić information content (AvgIpc) is 2.86. The molecule has 0 saturated carbocycles. The smallest absolute Gasteiger partial charge is 0.256 e. The normalized spacial score (nSPS) is 17.1. The Kier molecular flexibility index (Phi) is 5.16. The number of hydrogen-bond acceptors (Lipinski definition) is 4. The molecule has 25 heavy (non-hydrogen) atoms. The van der Waals surface area contributed by atoms with Crippen molar-refractivity contribution < 1.29 is 14.3 Å². The van der Waals surface area contributed by atoms with Crippen LogP contribution in [-0.2, 0) is 9.59 Å². The van der Waals surface area contributed by atoms with E-state index in [4.69, 9.17) is 27.9 Å². The Morgan fingerprint density at radius 3 is 2.64 bits per heavy atom. The maximum absolute atomic E-state index is 12.7. The van der Waals surface area contributed by atoms with Gasteiger partial charge in [-0.2, -0.15) is 0 Å². The first-order chi connectivity index (χ1) is 12.0. The zero-order valence-corrected chi connectivity index (χ0v) is 15.0. The van der Waals surface area contributed by atoms with Crippen LogP contribution in [-0.4, -0.2) is 24.5 Å². The topological polar surface area (TPSA) is 58.6 Å². The van der Waals surface area contributed by atoms with Crippen LogP contribution in [0.1, 0.15) is 13.3 Å². The zero-order valence-electron chi connectivity index (χ0n) is 13.5. The van der Waals surface area contributed by atoms with Gasteiger partial charge in [-0.25, -0.2) is 4.90 Å². The molecule has 0 unspecified atom stereocenters. The van der Waals surface area contributed by atoms with Crippen molar-refractivity contribution in [3.8, 4) is 5.75 Å². The second-order valence-electron chi connectivity index (χ2n) is 5.50. The summed E-state index contributed by atoms with van der Waals surface area (Å²) >= 11 is 11.9. The van der Waals surface area contributed by atoms with Gasteiger partial charge in [-0.3, -0.25) is 9.59 Å². The molecule has 3 rings (SSSR count). The molecule has 1 aliphatic rings. The minimum Gasteiger partial charge on any atom is -0.492 e. The summed E-state index contributed by atoms with van der Waals surface area (Å²) in [5, 5.41) is 3.76. The van der Waals surface area contributed by atoms with E-state index in [2.05, 4.69) is 5.32 Å². The van der Waals surface area contributed by atoms with Crippen LogP contribution in [0.25, 0.3) is 0 Å². The summed E-state index contributed by atoms with van der Waals surface area (Å²) in [4.78, 5) is 26.2. The number of rotatable bonds is 5. The highest BCUT2D eigenvalue weighted by molar-refractivity contribution is 6.42. The highest BCUT2D eigenvalue weighted by Gasteiger charge is 2.40. The molecule has 2 aromatic carbocycles. The van der Waals surface area contributed by atoms with Gasteiger partial charge in [-0.1, -0.05) is 35.3 Å². The van der Waals surface area contributed by atoms with Crippen LogP contribution in [0, 0.1) is 0 Å². The summed E-state index contributed by atoms with van der Waals surface area (Å²) in [6.45, 7) is 2.39. The van der Waals surface area contributed by atoms with Crippen LogP contribution in [0.3, 0.4) is 0 Å². The fourth-order valence-corrected chi connectivity index (χ4v) is 2.99.